The van der Waals surface area contributed by atoms with Crippen molar-refractivity contribution in [1.29, 1.82) is 0 Å². The molecule has 0 spiro atoms. The topological polar surface area (TPSA) is 0 Å². The Bertz CT molecular complexity index is 2380. The predicted molar refractivity (Wildman–Crippen MR) is 193 cm³/mol. The van der Waals surface area contributed by atoms with Gasteiger partial charge < -0.3 is 0 Å². The first-order chi connectivity index (χ1) is 29.5. The molecule has 0 aromatic heterocycles. The van der Waals surface area contributed by atoms with Crippen molar-refractivity contribution in [3.8, 4) is 0 Å². The van der Waals surface area contributed by atoms with E-state index in [1.165, 1.54) is 28.5 Å². The van der Waals surface area contributed by atoms with E-state index >= 15 is 35.1 Å². The Labute approximate surface area is 345 Å². The Hall–Kier alpha value is -5.93. The van der Waals surface area contributed by atoms with Gasteiger partial charge in [0.25, 0.3) is 0 Å². The fourth-order valence-electron chi connectivity index (χ4n) is 6.59. The molecule has 0 aliphatic heterocycles. The van der Waals surface area contributed by atoms with Gasteiger partial charge in [-0.3, -0.25) is 0 Å². The summed E-state index contributed by atoms with van der Waals surface area (Å²) in [6.07, 6.45) is -2.75. The maximum Gasteiger partial charge on any atom is 0.200 e. The molecular formula is C41H19BF20S. The molecule has 0 saturated heterocycles. The van der Waals surface area contributed by atoms with Gasteiger partial charge in [0.15, 0.2) is 69.8 Å². The van der Waals surface area contributed by atoms with E-state index in [4.69, 9.17) is 0 Å². The van der Waals surface area contributed by atoms with Crippen LogP contribution in [0.4, 0.5) is 87.8 Å². The van der Waals surface area contributed by atoms with Crippen LogP contribution >= 0.6 is 0 Å². The van der Waals surface area contributed by atoms with E-state index < -0.39 is 144 Å². The molecule has 0 aliphatic carbocycles. The van der Waals surface area contributed by atoms with Crippen molar-refractivity contribution in [2.24, 2.45) is 0 Å². The minimum atomic E-state index is -7.22. The lowest BCUT2D eigenvalue weighted by molar-refractivity contribution is 0.378. The quantitative estimate of drug-likeness (QED) is 0.0258. The molecule has 0 amide bonds. The Kier molecular flexibility index (Phi) is 14.4. The largest absolute Gasteiger partial charge is 0.207 e. The van der Waals surface area contributed by atoms with Crippen molar-refractivity contribution in [2.75, 3.05) is 5.75 Å². The molecule has 6 aromatic rings. The van der Waals surface area contributed by atoms with Gasteiger partial charge in [-0.15, -0.1) is 21.9 Å². The summed E-state index contributed by atoms with van der Waals surface area (Å²) < 4.78 is 294. The van der Waals surface area contributed by atoms with Gasteiger partial charge in [0.2, 0.25) is 0 Å². The van der Waals surface area contributed by atoms with Gasteiger partial charge in [0, 0.05) is 5.56 Å². The molecule has 0 aliphatic rings. The van der Waals surface area contributed by atoms with E-state index in [2.05, 4.69) is 73.7 Å². The Morgan fingerprint density at radius 3 is 0.921 bits per heavy atom. The highest BCUT2D eigenvalue weighted by Crippen LogP contribution is 2.30. The normalized spacial score (nSPS) is 11.7. The third-order valence-corrected chi connectivity index (χ3v) is 10.5. The summed E-state index contributed by atoms with van der Waals surface area (Å²) in [7, 11) is 0. The van der Waals surface area contributed by atoms with Crippen LogP contribution < -0.4 is 21.9 Å². The molecule has 0 nitrogen and oxygen atoms in total. The number of aryl methyl sites for hydroxylation is 1. The van der Waals surface area contributed by atoms with E-state index in [0.29, 0.717) is 0 Å². The first-order valence-corrected chi connectivity index (χ1v) is 18.4. The van der Waals surface area contributed by atoms with E-state index in [9.17, 15) is 52.7 Å². The Balaban J connectivity index is 0.000000345. The van der Waals surface area contributed by atoms with Gasteiger partial charge in [-0.2, -0.15) is 0 Å². The van der Waals surface area contributed by atoms with E-state index in [-0.39, 0.29) is 0 Å². The van der Waals surface area contributed by atoms with Gasteiger partial charge in [-0.1, -0.05) is 66.2 Å². The number of benzene rings is 6. The standard InChI is InChI=1S/C24BF20.C17H18S/c26-5-1(6(27)14(35)21(42)13(5)34)25(2-7(28)15(36)22(43)16(37)8(2)29,3-9(30)17(38)23(44)18(39)10(3)31)4-11(32)19(40)24(45)20(41)12(4)33;1-15-9-11-16(12-10-15)8-5-13-18-14-17-6-3-2-4-7-17/h;2-12H,13-14H2,1H3/q-1;/p+1. The highest BCUT2D eigenvalue weighted by molar-refractivity contribution is 7.77. The molecular weight excluding hydrogens is 915 g/mol. The SMILES string of the molecule is Cc1ccc(C=CC[SH+]Cc2ccccc2)cc1.Fc1c(F)c(F)c([B-](c2c(F)c(F)c(F)c(F)c2F)(c2c(F)c(F)c(F)c(F)c2F)c2c(F)c(F)c(F)c(F)c2F)c(F)c1F. The van der Waals surface area contributed by atoms with Gasteiger partial charge in [-0.05, 0) is 30.3 Å². The Morgan fingerprint density at radius 1 is 0.365 bits per heavy atom. The zero-order valence-electron chi connectivity index (χ0n) is 30.8. The van der Waals surface area contributed by atoms with Crippen LogP contribution in [-0.4, -0.2) is 11.9 Å². The second-order valence-electron chi connectivity index (χ2n) is 13.2. The summed E-state index contributed by atoms with van der Waals surface area (Å²) in [6, 6.07) is 19.3. The molecule has 0 atom stereocenters. The Morgan fingerprint density at radius 2 is 0.635 bits per heavy atom. The van der Waals surface area contributed by atoms with Gasteiger partial charge >= 0.3 is 0 Å². The number of hydrogen-bond donors (Lipinski definition) is 0. The van der Waals surface area contributed by atoms with E-state index in [1.54, 1.807) is 0 Å². The molecule has 0 heterocycles. The minimum Gasteiger partial charge on any atom is -0.207 e. The number of halogens is 20. The fraction of sp³-hybridized carbons (Fsp3) is 0.0732. The first-order valence-electron chi connectivity index (χ1n) is 17.2. The second-order valence-corrected chi connectivity index (χ2v) is 14.3. The van der Waals surface area contributed by atoms with Crippen molar-refractivity contribution in [3.63, 3.8) is 0 Å². The smallest absolute Gasteiger partial charge is 0.200 e. The van der Waals surface area contributed by atoms with Crippen molar-refractivity contribution in [1.82, 2.24) is 0 Å². The lowest BCUT2D eigenvalue weighted by Crippen LogP contribution is -2.81. The number of rotatable bonds is 9. The summed E-state index contributed by atoms with van der Waals surface area (Å²) >= 11 is 1.46. The minimum absolute atomic E-state index is 1.11. The average molecular weight is 934 g/mol. The van der Waals surface area contributed by atoms with Gasteiger partial charge in [0.05, 0.1) is 0 Å². The molecule has 6 aromatic carbocycles. The van der Waals surface area contributed by atoms with Crippen LogP contribution in [-0.2, 0) is 17.5 Å². The van der Waals surface area contributed by atoms with Crippen LogP contribution in [0.3, 0.4) is 0 Å². The maximum absolute atomic E-state index is 15.4. The lowest BCUT2D eigenvalue weighted by Gasteiger charge is -2.44. The molecule has 63 heavy (non-hydrogen) atoms. The second kappa shape index (κ2) is 18.8. The van der Waals surface area contributed by atoms with Crippen molar-refractivity contribution >= 4 is 45.8 Å². The highest BCUT2D eigenvalue weighted by Gasteiger charge is 2.52. The zero-order valence-corrected chi connectivity index (χ0v) is 31.7. The van der Waals surface area contributed by atoms with Gasteiger partial charge in [0.1, 0.15) is 64.2 Å². The van der Waals surface area contributed by atoms with Crippen LogP contribution in [0.2, 0.25) is 0 Å². The average Bonchev–Trinajstić information content (AvgIpc) is 3.27. The van der Waals surface area contributed by atoms with Crippen molar-refractivity contribution in [3.05, 3.63) is 194 Å². The zero-order chi connectivity index (χ0) is 47.0. The highest BCUT2D eigenvalue weighted by atomic mass is 32.2. The molecule has 22 heteroatoms. The van der Waals surface area contributed by atoms with Crippen molar-refractivity contribution < 1.29 is 87.8 Å². The number of thiol groups is 1. The van der Waals surface area contributed by atoms with E-state index in [0.717, 1.165) is 11.5 Å². The van der Waals surface area contributed by atoms with E-state index in [1.807, 2.05) is 0 Å². The van der Waals surface area contributed by atoms with Crippen LogP contribution in [0.1, 0.15) is 16.7 Å². The van der Waals surface area contributed by atoms with Crippen LogP contribution in [0.5, 0.6) is 0 Å². The monoisotopic (exact) mass is 934 g/mol. The molecule has 6 rings (SSSR count). The number of hydrogen-bond acceptors (Lipinski definition) is 0. The molecule has 332 valence electrons. The first kappa shape index (κ1) is 48.1. The summed E-state index contributed by atoms with van der Waals surface area (Å²) in [4.78, 5) is 0. The van der Waals surface area contributed by atoms with Gasteiger partial charge in [-0.25, -0.2) is 87.8 Å². The van der Waals surface area contributed by atoms with Crippen LogP contribution in [0.15, 0.2) is 60.7 Å². The molecule has 0 saturated carbocycles. The third kappa shape index (κ3) is 8.36. The summed E-state index contributed by atoms with van der Waals surface area (Å²) in [5.41, 5.74) is -10.3. The molecule has 0 N–H and O–H groups in total. The van der Waals surface area contributed by atoms with Crippen LogP contribution in [0, 0.1) is 123 Å². The summed E-state index contributed by atoms with van der Waals surface area (Å²) in [5, 5.41) is 0. The summed E-state index contributed by atoms with van der Waals surface area (Å²) in [5.74, 6) is -69.2. The fourth-order valence-corrected chi connectivity index (χ4v) is 7.44. The third-order valence-electron chi connectivity index (χ3n) is 9.47. The molecule has 0 bridgehead atoms. The van der Waals surface area contributed by atoms with Crippen LogP contribution in [0.25, 0.3) is 6.08 Å². The predicted octanol–water partition coefficient (Wildman–Crippen LogP) is 9.87. The molecule has 0 unspecified atom stereocenters. The lowest BCUT2D eigenvalue weighted by atomic mass is 9.12. The molecule has 0 fully saturated rings. The maximum atomic E-state index is 15.4. The van der Waals surface area contributed by atoms with Crippen molar-refractivity contribution in [2.45, 2.75) is 12.7 Å². The molecule has 0 radical (unpaired) electrons. The summed E-state index contributed by atoms with van der Waals surface area (Å²) in [6.45, 7) is 2.12.